The molecule has 33 heavy (non-hydrogen) atoms. The third-order valence-electron chi connectivity index (χ3n) is 6.54. The number of imide groups is 1. The van der Waals surface area contributed by atoms with E-state index in [1.54, 1.807) is 0 Å². The number of unbranched alkanes of at least 4 members (excludes halogenated alkanes) is 2. The average Bonchev–Trinajstić information content (AvgIpc) is 2.79. The first-order chi connectivity index (χ1) is 15.8. The minimum absolute atomic E-state index is 0.213. The number of hydrogen-bond acceptors (Lipinski definition) is 6. The summed E-state index contributed by atoms with van der Waals surface area (Å²) < 4.78 is 30.8. The Hall–Kier alpha value is -2.49. The fraction of sp³-hybridized carbons (Fsp3) is 0.500. The van der Waals surface area contributed by atoms with E-state index in [0.717, 1.165) is 61.9 Å². The van der Waals surface area contributed by atoms with Gasteiger partial charge >= 0.3 is 0 Å². The number of piperazine rings is 1. The molecule has 4 rings (SSSR count). The first-order valence-electron chi connectivity index (χ1n) is 11.6. The van der Waals surface area contributed by atoms with Crippen LogP contribution in [0, 0.1) is 0 Å². The zero-order valence-electron chi connectivity index (χ0n) is 19.0. The Morgan fingerprint density at radius 3 is 2.24 bits per heavy atom. The van der Waals surface area contributed by atoms with Gasteiger partial charge in [0.1, 0.15) is 0 Å². The van der Waals surface area contributed by atoms with Gasteiger partial charge in [-0.1, -0.05) is 31.9 Å². The van der Waals surface area contributed by atoms with Gasteiger partial charge in [-0.05, 0) is 37.6 Å². The molecule has 0 aliphatic carbocycles. The summed E-state index contributed by atoms with van der Waals surface area (Å²) in [7, 11) is -3.92. The van der Waals surface area contributed by atoms with E-state index in [1.165, 1.54) is 4.90 Å². The van der Waals surface area contributed by atoms with E-state index < -0.39 is 10.1 Å². The average molecular weight is 474 g/mol. The molecule has 0 spiro atoms. The highest BCUT2D eigenvalue weighted by atomic mass is 32.2. The summed E-state index contributed by atoms with van der Waals surface area (Å²) in [6.07, 6.45) is 3.22. The van der Waals surface area contributed by atoms with Gasteiger partial charge < -0.3 is 4.90 Å². The van der Waals surface area contributed by atoms with Gasteiger partial charge in [-0.25, -0.2) is 0 Å². The van der Waals surface area contributed by atoms with Gasteiger partial charge in [-0.3, -0.25) is 23.9 Å². The van der Waals surface area contributed by atoms with E-state index in [-0.39, 0.29) is 17.6 Å². The summed E-state index contributed by atoms with van der Waals surface area (Å²) in [5.41, 5.74) is 2.18. The number of carbonyl (C=O) groups is 2. The van der Waals surface area contributed by atoms with Crippen molar-refractivity contribution in [3.05, 3.63) is 41.5 Å². The maximum absolute atomic E-state index is 13.1. The topological polar surface area (TPSA) is 98.2 Å². The smallest absolute Gasteiger partial charge is 0.264 e. The van der Waals surface area contributed by atoms with Crippen molar-refractivity contribution in [2.75, 3.05) is 49.9 Å². The third kappa shape index (κ3) is 5.05. The van der Waals surface area contributed by atoms with E-state index in [9.17, 15) is 18.0 Å². The van der Waals surface area contributed by atoms with Crippen LogP contribution in [0.2, 0.25) is 0 Å². The summed E-state index contributed by atoms with van der Waals surface area (Å²) in [6, 6.07) is 9.50. The van der Waals surface area contributed by atoms with Gasteiger partial charge in [0.15, 0.2) is 0 Å². The van der Waals surface area contributed by atoms with Crippen LogP contribution in [0.15, 0.2) is 30.3 Å². The van der Waals surface area contributed by atoms with Crippen LogP contribution in [0.1, 0.15) is 53.3 Å². The highest BCUT2D eigenvalue weighted by molar-refractivity contribution is 7.85. The molecule has 1 N–H and O–H groups in total. The van der Waals surface area contributed by atoms with Crippen molar-refractivity contribution >= 4 is 38.4 Å². The van der Waals surface area contributed by atoms with E-state index in [4.69, 9.17) is 4.55 Å². The summed E-state index contributed by atoms with van der Waals surface area (Å²) >= 11 is 0. The van der Waals surface area contributed by atoms with Crippen LogP contribution in [0.3, 0.4) is 0 Å². The van der Waals surface area contributed by atoms with Crippen LogP contribution in [0.5, 0.6) is 0 Å². The van der Waals surface area contributed by atoms with Crippen LogP contribution in [-0.2, 0) is 10.1 Å². The molecule has 2 aromatic carbocycles. The molecular weight excluding hydrogens is 442 g/mol. The molecule has 0 aromatic heterocycles. The molecule has 1 fully saturated rings. The third-order valence-corrected chi connectivity index (χ3v) is 7.35. The second-order valence-corrected chi connectivity index (χ2v) is 10.4. The van der Waals surface area contributed by atoms with Gasteiger partial charge in [0.25, 0.3) is 21.9 Å². The van der Waals surface area contributed by atoms with Crippen molar-refractivity contribution in [2.45, 2.75) is 32.6 Å². The SMILES string of the molecule is CCCCCN1C(=O)c2cccc3c(N4CCN(CCCS(=O)(=O)O)CC4)ccc(c23)C1=O. The van der Waals surface area contributed by atoms with Gasteiger partial charge in [-0.2, -0.15) is 8.42 Å². The number of rotatable bonds is 9. The lowest BCUT2D eigenvalue weighted by Gasteiger charge is -2.37. The number of amides is 2. The van der Waals surface area contributed by atoms with Crippen molar-refractivity contribution in [3.63, 3.8) is 0 Å². The summed E-state index contributed by atoms with van der Waals surface area (Å²) in [6.45, 7) is 6.23. The zero-order valence-corrected chi connectivity index (χ0v) is 19.8. The molecule has 0 unspecified atom stereocenters. The number of nitrogens with zero attached hydrogens (tertiary/aromatic N) is 3. The first-order valence-corrected chi connectivity index (χ1v) is 13.3. The number of carbonyl (C=O) groups excluding carboxylic acids is 2. The number of benzene rings is 2. The Morgan fingerprint density at radius 2 is 1.58 bits per heavy atom. The van der Waals surface area contributed by atoms with Gasteiger partial charge in [0.05, 0.1) is 5.75 Å². The Balaban J connectivity index is 1.53. The second-order valence-electron chi connectivity index (χ2n) is 8.80. The summed E-state index contributed by atoms with van der Waals surface area (Å²) in [4.78, 5) is 32.1. The summed E-state index contributed by atoms with van der Waals surface area (Å²) in [5, 5.41) is 1.66. The monoisotopic (exact) mass is 473 g/mol. The van der Waals surface area contributed by atoms with Gasteiger partial charge in [0, 0.05) is 60.3 Å². The molecule has 178 valence electrons. The predicted octanol–water partition coefficient (Wildman–Crippen LogP) is 3.03. The Labute approximate surface area is 194 Å². The van der Waals surface area contributed by atoms with E-state index >= 15 is 0 Å². The highest BCUT2D eigenvalue weighted by Crippen LogP contribution is 2.36. The summed E-state index contributed by atoms with van der Waals surface area (Å²) in [5.74, 6) is -0.649. The predicted molar refractivity (Wildman–Crippen MR) is 129 cm³/mol. The van der Waals surface area contributed by atoms with Crippen LogP contribution >= 0.6 is 0 Å². The van der Waals surface area contributed by atoms with Crippen molar-refractivity contribution in [1.29, 1.82) is 0 Å². The highest BCUT2D eigenvalue weighted by Gasteiger charge is 2.33. The number of anilines is 1. The molecule has 1 saturated heterocycles. The second kappa shape index (κ2) is 9.79. The molecule has 0 saturated carbocycles. The van der Waals surface area contributed by atoms with Crippen molar-refractivity contribution in [3.8, 4) is 0 Å². The van der Waals surface area contributed by atoms with Crippen molar-refractivity contribution in [2.24, 2.45) is 0 Å². The van der Waals surface area contributed by atoms with Crippen molar-refractivity contribution < 1.29 is 22.6 Å². The molecule has 2 aliphatic rings. The van der Waals surface area contributed by atoms with Crippen LogP contribution in [0.4, 0.5) is 5.69 Å². The van der Waals surface area contributed by atoms with Crippen LogP contribution in [0.25, 0.3) is 10.8 Å². The Morgan fingerprint density at radius 1 is 0.879 bits per heavy atom. The molecule has 8 nitrogen and oxygen atoms in total. The van der Waals surface area contributed by atoms with Crippen LogP contribution in [-0.4, -0.2) is 79.6 Å². The molecule has 0 radical (unpaired) electrons. The zero-order chi connectivity index (χ0) is 23.6. The fourth-order valence-electron chi connectivity index (χ4n) is 4.81. The molecule has 2 aromatic rings. The minimum Gasteiger partial charge on any atom is -0.368 e. The molecule has 9 heteroatoms. The Bertz CT molecular complexity index is 1130. The molecule has 2 aliphatic heterocycles. The maximum atomic E-state index is 13.1. The molecule has 2 heterocycles. The standard InChI is InChI=1S/C24H31N3O5S/c1-2-3-4-12-27-23(28)19-8-5-7-18-21(10-9-20(22(18)19)24(27)29)26-15-13-25(14-16-26)11-6-17-33(30,31)32/h5,7-10H,2-4,6,11-17H2,1H3,(H,30,31,32). The largest absolute Gasteiger partial charge is 0.368 e. The molecule has 0 atom stereocenters. The lowest BCUT2D eigenvalue weighted by Crippen LogP contribution is -2.47. The maximum Gasteiger partial charge on any atom is 0.264 e. The van der Waals surface area contributed by atoms with E-state index in [2.05, 4.69) is 16.7 Å². The van der Waals surface area contributed by atoms with Crippen LogP contribution < -0.4 is 4.90 Å². The lowest BCUT2D eigenvalue weighted by atomic mass is 9.92. The minimum atomic E-state index is -3.92. The number of hydrogen-bond donors (Lipinski definition) is 1. The quantitative estimate of drug-likeness (QED) is 0.340. The van der Waals surface area contributed by atoms with Gasteiger partial charge in [-0.15, -0.1) is 0 Å². The molecule has 0 bridgehead atoms. The molecule has 2 amide bonds. The van der Waals surface area contributed by atoms with Gasteiger partial charge in [0.2, 0.25) is 0 Å². The molecular formula is C24H31N3O5S. The van der Waals surface area contributed by atoms with E-state index in [1.807, 2.05) is 30.3 Å². The lowest BCUT2D eigenvalue weighted by molar-refractivity contribution is 0.0608. The normalized spacial score (nSPS) is 17.3. The first kappa shape index (κ1) is 23.7. The fourth-order valence-corrected chi connectivity index (χ4v) is 5.31. The Kier molecular flexibility index (Phi) is 7.02. The van der Waals surface area contributed by atoms with E-state index in [0.29, 0.717) is 30.6 Å². The van der Waals surface area contributed by atoms with Crippen molar-refractivity contribution in [1.82, 2.24) is 9.80 Å².